The molecule has 0 unspecified atom stereocenters. The largest absolute Gasteiger partial charge is 0.0913 e. The van der Waals surface area contributed by atoms with Gasteiger partial charge in [-0.1, -0.05) is 43.3 Å². The summed E-state index contributed by atoms with van der Waals surface area (Å²) in [4.78, 5) is 0. The van der Waals surface area contributed by atoms with Crippen molar-refractivity contribution in [2.45, 2.75) is 26.7 Å². The van der Waals surface area contributed by atoms with Gasteiger partial charge in [-0.05, 0) is 30.9 Å². The van der Waals surface area contributed by atoms with Crippen molar-refractivity contribution in [3.63, 3.8) is 0 Å². The van der Waals surface area contributed by atoms with E-state index in [9.17, 15) is 0 Å². The monoisotopic (exact) mass is 160 g/mol. The van der Waals surface area contributed by atoms with E-state index in [4.69, 9.17) is 0 Å². The summed E-state index contributed by atoms with van der Waals surface area (Å²) in [6.07, 6.45) is 6.46. The molecule has 0 heterocycles. The lowest BCUT2D eigenvalue weighted by Gasteiger charge is -1.98. The first kappa shape index (κ1) is 9.05. The average molecular weight is 160 g/mol. The van der Waals surface area contributed by atoms with Crippen LogP contribution < -0.4 is 0 Å². The molecule has 0 bridgehead atoms. The Balaban J connectivity index is 2.64. The zero-order chi connectivity index (χ0) is 8.81. The standard InChI is InChI=1S/C12H16/c1-3-5-6-12-9-7-11(4-2)8-10-12/h3,5,7-10H,4,6H2,1-2H3/b5-3-. The molecule has 0 spiro atoms. The first-order valence-corrected chi connectivity index (χ1v) is 4.55. The summed E-state index contributed by atoms with van der Waals surface area (Å²) < 4.78 is 0. The Labute approximate surface area is 74.9 Å². The summed E-state index contributed by atoms with van der Waals surface area (Å²) in [5.41, 5.74) is 2.81. The van der Waals surface area contributed by atoms with Crippen molar-refractivity contribution in [3.05, 3.63) is 47.5 Å². The van der Waals surface area contributed by atoms with Crippen molar-refractivity contribution in [2.24, 2.45) is 0 Å². The fourth-order valence-electron chi connectivity index (χ4n) is 1.16. The first-order chi connectivity index (χ1) is 5.86. The van der Waals surface area contributed by atoms with Crippen molar-refractivity contribution < 1.29 is 0 Å². The maximum atomic E-state index is 2.21. The van der Waals surface area contributed by atoms with Gasteiger partial charge in [0.2, 0.25) is 0 Å². The van der Waals surface area contributed by atoms with Gasteiger partial charge in [0.25, 0.3) is 0 Å². The molecule has 64 valence electrons. The minimum Gasteiger partial charge on any atom is -0.0913 e. The highest BCUT2D eigenvalue weighted by Gasteiger charge is 1.89. The van der Waals surface area contributed by atoms with E-state index in [0.29, 0.717) is 0 Å². The van der Waals surface area contributed by atoms with Crippen LogP contribution in [-0.4, -0.2) is 0 Å². The summed E-state index contributed by atoms with van der Waals surface area (Å²) in [5, 5.41) is 0. The molecule has 1 rings (SSSR count). The number of rotatable bonds is 3. The highest BCUT2D eigenvalue weighted by Crippen LogP contribution is 2.05. The van der Waals surface area contributed by atoms with E-state index in [1.807, 2.05) is 0 Å². The van der Waals surface area contributed by atoms with Gasteiger partial charge >= 0.3 is 0 Å². The summed E-state index contributed by atoms with van der Waals surface area (Å²) in [6.45, 7) is 4.24. The van der Waals surface area contributed by atoms with Gasteiger partial charge in [-0.2, -0.15) is 0 Å². The molecule has 0 amide bonds. The molecule has 0 atom stereocenters. The van der Waals surface area contributed by atoms with Gasteiger partial charge in [-0.15, -0.1) is 0 Å². The third kappa shape index (κ3) is 2.54. The van der Waals surface area contributed by atoms with Crippen LogP contribution in [0.3, 0.4) is 0 Å². The summed E-state index contributed by atoms with van der Waals surface area (Å²) in [7, 11) is 0. The fourth-order valence-corrected chi connectivity index (χ4v) is 1.16. The Morgan fingerprint density at radius 3 is 2.17 bits per heavy atom. The van der Waals surface area contributed by atoms with Crippen LogP contribution in [0.2, 0.25) is 0 Å². The average Bonchev–Trinajstić information content (AvgIpc) is 2.15. The molecule has 0 saturated carbocycles. The van der Waals surface area contributed by atoms with E-state index in [1.165, 1.54) is 11.1 Å². The minimum absolute atomic E-state index is 1.06. The van der Waals surface area contributed by atoms with Gasteiger partial charge in [-0.25, -0.2) is 0 Å². The molecule has 0 fully saturated rings. The molecule has 0 aliphatic heterocycles. The minimum atomic E-state index is 1.06. The Hall–Kier alpha value is -1.04. The molecule has 0 N–H and O–H groups in total. The lowest BCUT2D eigenvalue weighted by Crippen LogP contribution is -1.83. The third-order valence-corrected chi connectivity index (χ3v) is 2.02. The molecular weight excluding hydrogens is 144 g/mol. The van der Waals surface area contributed by atoms with Crippen LogP contribution in [0.15, 0.2) is 36.4 Å². The van der Waals surface area contributed by atoms with Crippen molar-refractivity contribution in [1.82, 2.24) is 0 Å². The second-order valence-corrected chi connectivity index (χ2v) is 2.94. The molecule has 0 aliphatic carbocycles. The van der Waals surface area contributed by atoms with Crippen LogP contribution in [0.25, 0.3) is 0 Å². The summed E-state index contributed by atoms with van der Waals surface area (Å²) in [6, 6.07) is 8.83. The number of aryl methyl sites for hydroxylation is 1. The number of allylic oxidation sites excluding steroid dienone is 2. The molecule has 0 saturated heterocycles. The molecule has 0 aliphatic rings. The Morgan fingerprint density at radius 1 is 1.08 bits per heavy atom. The van der Waals surface area contributed by atoms with Crippen LogP contribution in [0.4, 0.5) is 0 Å². The van der Waals surface area contributed by atoms with Gasteiger partial charge < -0.3 is 0 Å². The first-order valence-electron chi connectivity index (χ1n) is 4.55. The zero-order valence-electron chi connectivity index (χ0n) is 7.88. The fraction of sp³-hybridized carbons (Fsp3) is 0.333. The van der Waals surface area contributed by atoms with Crippen LogP contribution in [-0.2, 0) is 12.8 Å². The van der Waals surface area contributed by atoms with Gasteiger partial charge in [0, 0.05) is 0 Å². The topological polar surface area (TPSA) is 0 Å². The molecule has 12 heavy (non-hydrogen) atoms. The van der Waals surface area contributed by atoms with Crippen LogP contribution in [0.1, 0.15) is 25.0 Å². The van der Waals surface area contributed by atoms with Crippen molar-refractivity contribution in [2.75, 3.05) is 0 Å². The molecular formula is C12H16. The highest BCUT2D eigenvalue weighted by molar-refractivity contribution is 5.23. The van der Waals surface area contributed by atoms with E-state index < -0.39 is 0 Å². The van der Waals surface area contributed by atoms with E-state index in [1.54, 1.807) is 0 Å². The lowest BCUT2D eigenvalue weighted by molar-refractivity contribution is 1.13. The molecule has 0 radical (unpaired) electrons. The predicted octanol–water partition coefficient (Wildman–Crippen LogP) is 3.37. The highest BCUT2D eigenvalue weighted by atomic mass is 14.0. The van der Waals surface area contributed by atoms with Gasteiger partial charge in [0.05, 0.1) is 0 Å². The third-order valence-electron chi connectivity index (χ3n) is 2.02. The quantitative estimate of drug-likeness (QED) is 0.595. The van der Waals surface area contributed by atoms with Crippen molar-refractivity contribution >= 4 is 0 Å². The normalized spacial score (nSPS) is 10.8. The van der Waals surface area contributed by atoms with Crippen molar-refractivity contribution in [1.29, 1.82) is 0 Å². The van der Waals surface area contributed by atoms with Gasteiger partial charge in [0.1, 0.15) is 0 Å². The van der Waals surface area contributed by atoms with E-state index in [2.05, 4.69) is 50.3 Å². The van der Waals surface area contributed by atoms with Gasteiger partial charge in [0.15, 0.2) is 0 Å². The van der Waals surface area contributed by atoms with Gasteiger partial charge in [-0.3, -0.25) is 0 Å². The molecule has 0 aromatic heterocycles. The molecule has 1 aromatic rings. The number of benzene rings is 1. The zero-order valence-corrected chi connectivity index (χ0v) is 7.88. The SMILES string of the molecule is C/C=C\Cc1ccc(CC)cc1. The van der Waals surface area contributed by atoms with Crippen LogP contribution >= 0.6 is 0 Å². The molecule has 1 aromatic carbocycles. The lowest BCUT2D eigenvalue weighted by atomic mass is 10.1. The number of hydrogen-bond donors (Lipinski definition) is 0. The predicted molar refractivity (Wildman–Crippen MR) is 54.3 cm³/mol. The van der Waals surface area contributed by atoms with E-state index >= 15 is 0 Å². The summed E-state index contributed by atoms with van der Waals surface area (Å²) >= 11 is 0. The smallest absolute Gasteiger partial charge is 0.00976 e. The Bertz CT molecular complexity index is 241. The maximum Gasteiger partial charge on any atom is -0.00976 e. The molecule has 0 heteroatoms. The summed E-state index contributed by atoms with van der Waals surface area (Å²) in [5.74, 6) is 0. The van der Waals surface area contributed by atoms with E-state index in [-0.39, 0.29) is 0 Å². The van der Waals surface area contributed by atoms with Crippen LogP contribution in [0, 0.1) is 0 Å². The second-order valence-electron chi connectivity index (χ2n) is 2.94. The Morgan fingerprint density at radius 2 is 1.67 bits per heavy atom. The van der Waals surface area contributed by atoms with Crippen LogP contribution in [0.5, 0.6) is 0 Å². The second kappa shape index (κ2) is 4.76. The molecule has 0 nitrogen and oxygen atoms in total. The maximum absolute atomic E-state index is 2.21. The Kier molecular flexibility index (Phi) is 3.59. The number of hydrogen-bond acceptors (Lipinski definition) is 0. The van der Waals surface area contributed by atoms with Crippen molar-refractivity contribution in [3.8, 4) is 0 Å². The van der Waals surface area contributed by atoms with E-state index in [0.717, 1.165) is 12.8 Å².